The van der Waals surface area contributed by atoms with Gasteiger partial charge in [0.15, 0.2) is 0 Å². The first-order valence-electron chi connectivity index (χ1n) is 6.72. The molecule has 2 aromatic rings. The van der Waals surface area contributed by atoms with E-state index < -0.39 is 5.60 Å². The van der Waals surface area contributed by atoms with E-state index in [2.05, 4.69) is 15.3 Å². The van der Waals surface area contributed by atoms with E-state index in [1.807, 2.05) is 44.4 Å². The highest BCUT2D eigenvalue weighted by Gasteiger charge is 2.15. The summed E-state index contributed by atoms with van der Waals surface area (Å²) in [6, 6.07) is 5.74. The zero-order chi connectivity index (χ0) is 15.3. The predicted molar refractivity (Wildman–Crippen MR) is 82.9 cm³/mol. The number of carbonyl (C=O) groups is 1. The molecule has 0 bridgehead atoms. The third-order valence-electron chi connectivity index (χ3n) is 2.43. The molecular weight excluding hydrogens is 286 g/mol. The number of thiazole rings is 1. The monoisotopic (exact) mass is 305 g/mol. The minimum atomic E-state index is -0.453. The fourth-order valence-electron chi connectivity index (χ4n) is 1.67. The molecule has 0 saturated carbocycles. The van der Waals surface area contributed by atoms with Gasteiger partial charge in [-0.3, -0.25) is 9.78 Å². The van der Waals surface area contributed by atoms with Gasteiger partial charge < -0.3 is 10.1 Å². The van der Waals surface area contributed by atoms with Crippen molar-refractivity contribution >= 4 is 17.3 Å². The van der Waals surface area contributed by atoms with Crippen molar-refractivity contribution in [2.45, 2.75) is 32.9 Å². The minimum absolute atomic E-state index is 0.174. The van der Waals surface area contributed by atoms with E-state index in [-0.39, 0.29) is 12.5 Å². The van der Waals surface area contributed by atoms with Gasteiger partial charge in [-0.05, 0) is 32.9 Å². The number of carbonyl (C=O) groups excluding carboxylic acids is 1. The quantitative estimate of drug-likeness (QED) is 0.860. The van der Waals surface area contributed by atoms with Crippen molar-refractivity contribution < 1.29 is 9.53 Å². The second-order valence-electron chi connectivity index (χ2n) is 5.55. The average molecular weight is 305 g/mol. The van der Waals surface area contributed by atoms with E-state index in [1.54, 1.807) is 17.5 Å². The molecule has 0 spiro atoms. The van der Waals surface area contributed by atoms with E-state index in [4.69, 9.17) is 4.74 Å². The van der Waals surface area contributed by atoms with Crippen LogP contribution in [0.1, 0.15) is 26.5 Å². The van der Waals surface area contributed by atoms with Crippen LogP contribution in [-0.4, -0.2) is 28.1 Å². The summed E-state index contributed by atoms with van der Waals surface area (Å²) in [5.41, 5.74) is 1.30. The van der Waals surface area contributed by atoms with Crippen molar-refractivity contribution in [3.05, 3.63) is 35.5 Å². The minimum Gasteiger partial charge on any atom is -0.459 e. The number of rotatable bonds is 5. The Morgan fingerprint density at radius 2 is 2.19 bits per heavy atom. The van der Waals surface area contributed by atoms with E-state index in [1.165, 1.54) is 0 Å². The van der Waals surface area contributed by atoms with Gasteiger partial charge in [-0.15, -0.1) is 11.3 Å². The molecule has 2 heterocycles. The van der Waals surface area contributed by atoms with Crippen LogP contribution in [0.3, 0.4) is 0 Å². The van der Waals surface area contributed by atoms with Gasteiger partial charge in [0, 0.05) is 18.1 Å². The van der Waals surface area contributed by atoms with Crippen LogP contribution in [0.4, 0.5) is 0 Å². The molecule has 0 aliphatic rings. The molecule has 6 heteroatoms. The Hall–Kier alpha value is -1.79. The van der Waals surface area contributed by atoms with Crippen molar-refractivity contribution in [1.29, 1.82) is 0 Å². The molecule has 1 N–H and O–H groups in total. The van der Waals surface area contributed by atoms with E-state index in [9.17, 15) is 4.79 Å². The van der Waals surface area contributed by atoms with Crippen LogP contribution < -0.4 is 5.32 Å². The third-order valence-corrected chi connectivity index (χ3v) is 3.34. The highest BCUT2D eigenvalue weighted by atomic mass is 32.1. The van der Waals surface area contributed by atoms with Crippen LogP contribution in [-0.2, 0) is 16.1 Å². The summed E-state index contributed by atoms with van der Waals surface area (Å²) in [5, 5.41) is 5.88. The zero-order valence-corrected chi connectivity index (χ0v) is 13.2. The fraction of sp³-hybridized carbons (Fsp3) is 0.400. The van der Waals surface area contributed by atoms with Crippen molar-refractivity contribution in [3.63, 3.8) is 0 Å². The van der Waals surface area contributed by atoms with Crippen LogP contribution in [0.15, 0.2) is 29.8 Å². The standard InChI is InChI=1S/C15H19N3O2S/c1-15(2,3)20-13(19)9-16-8-11-10-21-14(18-11)12-6-4-5-7-17-12/h4-7,10,16H,8-9H2,1-3H3. The van der Waals surface area contributed by atoms with Crippen LogP contribution in [0, 0.1) is 0 Å². The SMILES string of the molecule is CC(C)(C)OC(=O)CNCc1csc(-c2ccccn2)n1. The Kier molecular flexibility index (Phi) is 5.03. The van der Waals surface area contributed by atoms with E-state index in [0.29, 0.717) is 6.54 Å². The van der Waals surface area contributed by atoms with Gasteiger partial charge in [0.05, 0.1) is 17.9 Å². The Bertz CT molecular complexity index is 590. The lowest BCUT2D eigenvalue weighted by molar-refractivity contribution is -0.153. The molecule has 0 unspecified atom stereocenters. The molecule has 0 amide bonds. The van der Waals surface area contributed by atoms with Gasteiger partial charge in [0.25, 0.3) is 0 Å². The van der Waals surface area contributed by atoms with Crippen LogP contribution in [0.25, 0.3) is 10.7 Å². The molecule has 2 rings (SSSR count). The molecule has 0 atom stereocenters. The van der Waals surface area contributed by atoms with Gasteiger partial charge >= 0.3 is 5.97 Å². The lowest BCUT2D eigenvalue weighted by atomic mass is 10.2. The molecule has 21 heavy (non-hydrogen) atoms. The van der Waals surface area contributed by atoms with Gasteiger partial charge in [-0.1, -0.05) is 6.07 Å². The highest BCUT2D eigenvalue weighted by molar-refractivity contribution is 7.13. The molecule has 0 aliphatic carbocycles. The van der Waals surface area contributed by atoms with Crippen LogP contribution >= 0.6 is 11.3 Å². The molecule has 0 aliphatic heterocycles. The van der Waals surface area contributed by atoms with E-state index >= 15 is 0 Å². The van der Waals surface area contributed by atoms with Gasteiger partial charge in [-0.2, -0.15) is 0 Å². The number of pyridine rings is 1. The first-order chi connectivity index (χ1) is 9.94. The maximum atomic E-state index is 11.6. The number of nitrogens with zero attached hydrogens (tertiary/aromatic N) is 2. The van der Waals surface area contributed by atoms with Gasteiger partial charge in [-0.25, -0.2) is 4.98 Å². The predicted octanol–water partition coefficient (Wildman–Crippen LogP) is 2.64. The highest BCUT2D eigenvalue weighted by Crippen LogP contribution is 2.21. The Labute approximate surface area is 128 Å². The molecule has 0 aromatic carbocycles. The van der Waals surface area contributed by atoms with Crippen molar-refractivity contribution in [1.82, 2.24) is 15.3 Å². The number of esters is 1. The molecule has 0 fully saturated rings. The number of aromatic nitrogens is 2. The van der Waals surface area contributed by atoms with Crippen molar-refractivity contribution in [2.24, 2.45) is 0 Å². The summed E-state index contributed by atoms with van der Waals surface area (Å²) in [4.78, 5) is 20.3. The lowest BCUT2D eigenvalue weighted by Gasteiger charge is -2.19. The molecule has 0 saturated heterocycles. The topological polar surface area (TPSA) is 64.1 Å². The molecule has 5 nitrogen and oxygen atoms in total. The smallest absolute Gasteiger partial charge is 0.320 e. The summed E-state index contributed by atoms with van der Waals surface area (Å²) >= 11 is 1.54. The van der Waals surface area contributed by atoms with Gasteiger partial charge in [0.2, 0.25) is 0 Å². The Morgan fingerprint density at radius 3 is 2.86 bits per heavy atom. The Morgan fingerprint density at radius 1 is 1.38 bits per heavy atom. The van der Waals surface area contributed by atoms with Crippen LogP contribution in [0.5, 0.6) is 0 Å². The maximum Gasteiger partial charge on any atom is 0.320 e. The fourth-order valence-corrected chi connectivity index (χ4v) is 2.46. The second-order valence-corrected chi connectivity index (χ2v) is 6.41. The molecule has 2 aromatic heterocycles. The maximum absolute atomic E-state index is 11.6. The Balaban J connectivity index is 1.83. The normalized spacial score (nSPS) is 11.4. The first-order valence-corrected chi connectivity index (χ1v) is 7.60. The average Bonchev–Trinajstić information content (AvgIpc) is 2.86. The number of hydrogen-bond donors (Lipinski definition) is 1. The summed E-state index contributed by atoms with van der Waals surface area (Å²) in [6.07, 6.45) is 1.75. The van der Waals surface area contributed by atoms with Crippen molar-refractivity contribution in [3.8, 4) is 10.7 Å². The van der Waals surface area contributed by atoms with Crippen LogP contribution in [0.2, 0.25) is 0 Å². The molecule has 0 radical (unpaired) electrons. The largest absolute Gasteiger partial charge is 0.459 e. The summed E-state index contributed by atoms with van der Waals surface area (Å²) in [7, 11) is 0. The number of ether oxygens (including phenoxy) is 1. The first kappa shape index (κ1) is 15.6. The summed E-state index contributed by atoms with van der Waals surface area (Å²) in [5.74, 6) is -0.261. The molecule has 112 valence electrons. The van der Waals surface area contributed by atoms with Gasteiger partial charge in [0.1, 0.15) is 10.6 Å². The van der Waals surface area contributed by atoms with E-state index in [0.717, 1.165) is 16.4 Å². The second kappa shape index (κ2) is 6.78. The number of hydrogen-bond acceptors (Lipinski definition) is 6. The summed E-state index contributed by atoms with van der Waals surface area (Å²) in [6.45, 7) is 6.26. The lowest BCUT2D eigenvalue weighted by Crippen LogP contribution is -2.31. The summed E-state index contributed by atoms with van der Waals surface area (Å²) < 4.78 is 5.22. The number of nitrogens with one attached hydrogen (secondary N) is 1. The molecular formula is C15H19N3O2S. The third kappa shape index (κ3) is 5.24. The zero-order valence-electron chi connectivity index (χ0n) is 12.4. The van der Waals surface area contributed by atoms with Crippen molar-refractivity contribution in [2.75, 3.05) is 6.54 Å².